The molecule has 0 radical (unpaired) electrons. The number of H-pyrrole nitrogens is 1. The number of carbonyl (C=O) groups excluding carboxylic acids is 1. The van der Waals surface area contributed by atoms with Crippen LogP contribution in [0.5, 0.6) is 5.75 Å². The van der Waals surface area contributed by atoms with Crippen molar-refractivity contribution in [3.63, 3.8) is 0 Å². The highest BCUT2D eigenvalue weighted by Gasteiger charge is 2.12. The van der Waals surface area contributed by atoms with Crippen LogP contribution in [0.1, 0.15) is 42.3 Å². The van der Waals surface area contributed by atoms with Crippen molar-refractivity contribution in [2.45, 2.75) is 33.6 Å². The van der Waals surface area contributed by atoms with Crippen LogP contribution in [0, 0.1) is 13.8 Å². The summed E-state index contributed by atoms with van der Waals surface area (Å²) in [6.07, 6.45) is 5.18. The van der Waals surface area contributed by atoms with Gasteiger partial charge in [-0.3, -0.25) is 9.89 Å². The number of ether oxygens (including phenoxy) is 1. The van der Waals surface area contributed by atoms with E-state index in [2.05, 4.69) is 42.1 Å². The van der Waals surface area contributed by atoms with Crippen LogP contribution in [0.3, 0.4) is 0 Å². The summed E-state index contributed by atoms with van der Waals surface area (Å²) in [5.41, 5.74) is 4.05. The van der Waals surface area contributed by atoms with Gasteiger partial charge in [-0.05, 0) is 69.8 Å². The van der Waals surface area contributed by atoms with Gasteiger partial charge in [0.15, 0.2) is 5.75 Å². The lowest BCUT2D eigenvalue weighted by Gasteiger charge is -2.09. The summed E-state index contributed by atoms with van der Waals surface area (Å²) >= 11 is 6.93. The molecule has 1 aromatic carbocycles. The van der Waals surface area contributed by atoms with Crippen LogP contribution >= 0.6 is 31.9 Å². The fourth-order valence-electron chi connectivity index (χ4n) is 2.13. The number of halogens is 2. The Morgan fingerprint density at radius 1 is 1.26 bits per heavy atom. The zero-order valence-corrected chi connectivity index (χ0v) is 16.4. The van der Waals surface area contributed by atoms with E-state index in [0.717, 1.165) is 37.9 Å². The van der Waals surface area contributed by atoms with Crippen LogP contribution in [0.15, 0.2) is 21.1 Å². The summed E-state index contributed by atoms with van der Waals surface area (Å²) in [4.78, 5) is 11.7. The van der Waals surface area contributed by atoms with Crippen molar-refractivity contribution in [1.29, 1.82) is 0 Å². The molecular formula is C17H18Br2N2O2. The third kappa shape index (κ3) is 4.54. The Kier molecular flexibility index (Phi) is 6.18. The summed E-state index contributed by atoms with van der Waals surface area (Å²) in [5, 5.41) is 7.14. The van der Waals surface area contributed by atoms with E-state index < -0.39 is 0 Å². The van der Waals surface area contributed by atoms with Gasteiger partial charge >= 0.3 is 5.97 Å². The topological polar surface area (TPSA) is 55.0 Å². The summed E-state index contributed by atoms with van der Waals surface area (Å²) in [6, 6.07) is 3.83. The number of hydrogen-bond donors (Lipinski definition) is 1. The van der Waals surface area contributed by atoms with Gasteiger partial charge in [-0.15, -0.1) is 0 Å². The molecule has 122 valence electrons. The smallest absolute Gasteiger partial charge is 0.311 e. The summed E-state index contributed by atoms with van der Waals surface area (Å²) in [5.74, 6) is 0.276. The Labute approximate surface area is 152 Å². The molecule has 4 nitrogen and oxygen atoms in total. The molecule has 0 bridgehead atoms. The van der Waals surface area contributed by atoms with Crippen molar-refractivity contribution >= 4 is 50.0 Å². The van der Waals surface area contributed by atoms with Gasteiger partial charge in [0, 0.05) is 17.7 Å². The molecule has 6 heteroatoms. The van der Waals surface area contributed by atoms with E-state index in [4.69, 9.17) is 4.74 Å². The van der Waals surface area contributed by atoms with Crippen molar-refractivity contribution in [3.05, 3.63) is 43.6 Å². The number of rotatable bonds is 5. The first kappa shape index (κ1) is 17.9. The van der Waals surface area contributed by atoms with E-state index in [-0.39, 0.29) is 5.97 Å². The van der Waals surface area contributed by atoms with Gasteiger partial charge in [-0.2, -0.15) is 5.10 Å². The highest BCUT2D eigenvalue weighted by molar-refractivity contribution is 9.11. The molecule has 0 spiro atoms. The minimum absolute atomic E-state index is 0.234. The average molecular weight is 442 g/mol. The number of benzene rings is 1. The lowest BCUT2D eigenvalue weighted by Crippen LogP contribution is -2.07. The van der Waals surface area contributed by atoms with Crippen molar-refractivity contribution < 1.29 is 9.53 Å². The number of aryl methyl sites for hydroxylation is 2. The fraction of sp³-hybridized carbons (Fsp3) is 0.294. The van der Waals surface area contributed by atoms with E-state index in [1.807, 2.05) is 45.1 Å². The fourth-order valence-corrected chi connectivity index (χ4v) is 3.51. The minimum Gasteiger partial charge on any atom is -0.424 e. The number of nitrogens with one attached hydrogen (secondary N) is 1. The van der Waals surface area contributed by atoms with Crippen LogP contribution in [0.2, 0.25) is 0 Å². The number of carbonyl (C=O) groups is 1. The molecule has 0 saturated heterocycles. The van der Waals surface area contributed by atoms with Crippen LogP contribution in [-0.2, 0) is 4.79 Å². The molecule has 0 aliphatic heterocycles. The molecule has 2 rings (SSSR count). The van der Waals surface area contributed by atoms with Gasteiger partial charge in [0.25, 0.3) is 0 Å². The Hall–Kier alpha value is -1.40. The molecule has 0 fully saturated rings. The first-order valence-corrected chi connectivity index (χ1v) is 8.90. The van der Waals surface area contributed by atoms with Gasteiger partial charge in [0.2, 0.25) is 0 Å². The monoisotopic (exact) mass is 440 g/mol. The quantitative estimate of drug-likeness (QED) is 0.497. The van der Waals surface area contributed by atoms with E-state index in [1.54, 1.807) is 0 Å². The van der Waals surface area contributed by atoms with Gasteiger partial charge in [-0.1, -0.05) is 19.1 Å². The summed E-state index contributed by atoms with van der Waals surface area (Å²) < 4.78 is 6.85. The Morgan fingerprint density at radius 3 is 2.43 bits per heavy atom. The molecular weight excluding hydrogens is 424 g/mol. The number of nitrogens with zero attached hydrogens (tertiary/aromatic N) is 1. The third-order valence-electron chi connectivity index (χ3n) is 3.32. The number of hydrogen-bond acceptors (Lipinski definition) is 3. The molecule has 1 heterocycles. The van der Waals surface area contributed by atoms with Crippen molar-refractivity contribution in [2.75, 3.05) is 0 Å². The second kappa shape index (κ2) is 7.93. The largest absolute Gasteiger partial charge is 0.424 e. The zero-order valence-electron chi connectivity index (χ0n) is 13.2. The van der Waals surface area contributed by atoms with Gasteiger partial charge in [-0.25, -0.2) is 0 Å². The maximum absolute atomic E-state index is 11.7. The SMILES string of the molecule is CCCC(=O)Oc1c(Br)cc(/C=C/c2c(C)n[nH]c2C)cc1Br. The Balaban J connectivity index is 2.24. The second-order valence-corrected chi connectivity index (χ2v) is 6.93. The first-order chi connectivity index (χ1) is 10.9. The second-order valence-electron chi connectivity index (χ2n) is 5.22. The highest BCUT2D eigenvalue weighted by Crippen LogP contribution is 2.35. The number of esters is 1. The number of aromatic amines is 1. The molecule has 0 amide bonds. The van der Waals surface area contributed by atoms with Crippen LogP contribution in [0.25, 0.3) is 12.2 Å². The Morgan fingerprint density at radius 2 is 1.91 bits per heavy atom. The normalized spacial score (nSPS) is 11.2. The summed E-state index contributed by atoms with van der Waals surface area (Å²) in [6.45, 7) is 5.90. The van der Waals surface area contributed by atoms with Crippen LogP contribution in [0.4, 0.5) is 0 Å². The maximum Gasteiger partial charge on any atom is 0.311 e. The van der Waals surface area contributed by atoms with Crippen LogP contribution in [-0.4, -0.2) is 16.2 Å². The molecule has 23 heavy (non-hydrogen) atoms. The first-order valence-electron chi connectivity index (χ1n) is 7.31. The van der Waals surface area contributed by atoms with Crippen molar-refractivity contribution in [2.24, 2.45) is 0 Å². The summed E-state index contributed by atoms with van der Waals surface area (Å²) in [7, 11) is 0. The third-order valence-corrected chi connectivity index (χ3v) is 4.50. The molecule has 0 atom stereocenters. The van der Waals surface area contributed by atoms with E-state index in [0.29, 0.717) is 12.2 Å². The zero-order chi connectivity index (χ0) is 17.0. The van der Waals surface area contributed by atoms with E-state index >= 15 is 0 Å². The van der Waals surface area contributed by atoms with Crippen LogP contribution < -0.4 is 4.74 Å². The van der Waals surface area contributed by atoms with Gasteiger partial charge < -0.3 is 4.74 Å². The highest BCUT2D eigenvalue weighted by atomic mass is 79.9. The molecule has 0 unspecified atom stereocenters. The van der Waals surface area contributed by atoms with E-state index in [1.165, 1.54) is 0 Å². The molecule has 0 saturated carbocycles. The average Bonchev–Trinajstić information content (AvgIpc) is 2.80. The maximum atomic E-state index is 11.7. The molecule has 0 aliphatic carbocycles. The standard InChI is InChI=1S/C17H18Br2N2O2/c1-4-5-16(22)23-17-14(18)8-12(9-15(17)19)6-7-13-10(2)20-21-11(13)3/h6-9H,4-5H2,1-3H3,(H,20,21)/b7-6+. The number of aromatic nitrogens is 2. The Bertz CT molecular complexity index is 709. The van der Waals surface area contributed by atoms with E-state index in [9.17, 15) is 4.79 Å². The van der Waals surface area contributed by atoms with Gasteiger partial charge in [0.05, 0.1) is 14.6 Å². The molecule has 2 aromatic rings. The van der Waals surface area contributed by atoms with Crippen molar-refractivity contribution in [3.8, 4) is 5.75 Å². The van der Waals surface area contributed by atoms with Crippen molar-refractivity contribution in [1.82, 2.24) is 10.2 Å². The molecule has 1 aromatic heterocycles. The lowest BCUT2D eigenvalue weighted by molar-refractivity contribution is -0.134. The predicted octanol–water partition coefficient (Wildman–Crippen LogP) is 5.43. The predicted molar refractivity (Wildman–Crippen MR) is 99.4 cm³/mol. The lowest BCUT2D eigenvalue weighted by atomic mass is 10.1. The molecule has 0 aliphatic rings. The molecule has 1 N–H and O–H groups in total. The van der Waals surface area contributed by atoms with Gasteiger partial charge in [0.1, 0.15) is 0 Å². The minimum atomic E-state index is -0.234.